The number of hydrogen-bond acceptors (Lipinski definition) is 7. The van der Waals surface area contributed by atoms with Crippen LogP contribution in [0.15, 0.2) is 35.5 Å². The first kappa shape index (κ1) is 22.5. The number of nitrogens with one attached hydrogen (secondary N) is 2. The van der Waals surface area contributed by atoms with Gasteiger partial charge in [0.15, 0.2) is 17.5 Å². The van der Waals surface area contributed by atoms with E-state index in [1.807, 2.05) is 24.4 Å². The Hall–Kier alpha value is -3.20. The van der Waals surface area contributed by atoms with Gasteiger partial charge in [0.05, 0.1) is 34.5 Å². The van der Waals surface area contributed by atoms with Crippen LogP contribution in [-0.4, -0.2) is 65.6 Å². The van der Waals surface area contributed by atoms with Crippen molar-refractivity contribution in [3.05, 3.63) is 41.6 Å². The van der Waals surface area contributed by atoms with Gasteiger partial charge in [0.1, 0.15) is 5.82 Å². The smallest absolute Gasteiger partial charge is 0.203 e. The minimum absolute atomic E-state index is 0.541. The van der Waals surface area contributed by atoms with E-state index < -0.39 is 0 Å². The molecule has 168 valence electrons. The van der Waals surface area contributed by atoms with Gasteiger partial charge in [-0.2, -0.15) is 0 Å². The van der Waals surface area contributed by atoms with Crippen molar-refractivity contribution < 1.29 is 18.9 Å². The molecule has 0 bridgehead atoms. The summed E-state index contributed by atoms with van der Waals surface area (Å²) in [7, 11) is 6.55. The number of aromatic nitrogens is 1. The van der Waals surface area contributed by atoms with Crippen LogP contribution in [0.1, 0.15) is 11.1 Å². The Bertz CT molecular complexity index is 859. The summed E-state index contributed by atoms with van der Waals surface area (Å²) in [6.07, 6.45) is 1.83. The minimum atomic E-state index is 0.541. The van der Waals surface area contributed by atoms with Crippen molar-refractivity contribution in [2.75, 3.05) is 59.6 Å². The molecule has 1 aliphatic heterocycles. The van der Waals surface area contributed by atoms with Crippen LogP contribution in [0.25, 0.3) is 0 Å². The maximum absolute atomic E-state index is 5.46. The molecule has 1 fully saturated rings. The quantitative estimate of drug-likeness (QED) is 0.485. The van der Waals surface area contributed by atoms with E-state index in [4.69, 9.17) is 18.9 Å². The highest BCUT2D eigenvalue weighted by atomic mass is 16.5. The second-order valence-electron chi connectivity index (χ2n) is 6.90. The lowest BCUT2D eigenvalue weighted by Gasteiger charge is -2.29. The Morgan fingerprint density at radius 1 is 1.06 bits per heavy atom. The SMILES string of the molecule is CN=C(NCc1cc(OC)c(OC)c(OC)c1)NCc1cccnc1N1CCOCC1. The molecule has 0 amide bonds. The van der Waals surface area contributed by atoms with E-state index in [2.05, 4.69) is 31.6 Å². The molecular formula is C22H31N5O4. The van der Waals surface area contributed by atoms with E-state index >= 15 is 0 Å². The number of anilines is 1. The molecule has 0 radical (unpaired) electrons. The zero-order valence-corrected chi connectivity index (χ0v) is 18.6. The topological polar surface area (TPSA) is 89.5 Å². The summed E-state index contributed by atoms with van der Waals surface area (Å²) in [4.78, 5) is 11.2. The van der Waals surface area contributed by atoms with Gasteiger partial charge in [0, 0.05) is 45.0 Å². The van der Waals surface area contributed by atoms with Crippen molar-refractivity contribution in [1.82, 2.24) is 15.6 Å². The molecule has 1 aliphatic rings. The van der Waals surface area contributed by atoms with Gasteiger partial charge >= 0.3 is 0 Å². The number of methoxy groups -OCH3 is 3. The molecule has 3 rings (SSSR count). The average molecular weight is 430 g/mol. The number of aliphatic imine (C=N–C) groups is 1. The summed E-state index contributed by atoms with van der Waals surface area (Å²) in [6, 6.07) is 7.86. The van der Waals surface area contributed by atoms with Gasteiger partial charge in [-0.3, -0.25) is 4.99 Å². The lowest BCUT2D eigenvalue weighted by molar-refractivity contribution is 0.122. The molecule has 0 atom stereocenters. The third-order valence-corrected chi connectivity index (χ3v) is 5.03. The van der Waals surface area contributed by atoms with Crippen LogP contribution in [-0.2, 0) is 17.8 Å². The van der Waals surface area contributed by atoms with Gasteiger partial charge in [-0.25, -0.2) is 4.98 Å². The van der Waals surface area contributed by atoms with Gasteiger partial charge in [0.25, 0.3) is 0 Å². The fourth-order valence-electron chi connectivity index (χ4n) is 3.45. The predicted octanol–water partition coefficient (Wildman–Crippen LogP) is 1.81. The van der Waals surface area contributed by atoms with Crippen molar-refractivity contribution in [2.24, 2.45) is 4.99 Å². The number of ether oxygens (including phenoxy) is 4. The summed E-state index contributed by atoms with van der Waals surface area (Å²) < 4.78 is 21.7. The van der Waals surface area contributed by atoms with Crippen molar-refractivity contribution in [3.63, 3.8) is 0 Å². The van der Waals surface area contributed by atoms with E-state index in [0.717, 1.165) is 43.2 Å². The highest BCUT2D eigenvalue weighted by molar-refractivity contribution is 5.79. The molecule has 2 N–H and O–H groups in total. The first-order chi connectivity index (χ1) is 15.2. The number of nitrogens with zero attached hydrogens (tertiary/aromatic N) is 3. The summed E-state index contributed by atoms with van der Waals surface area (Å²) in [5, 5.41) is 6.70. The third-order valence-electron chi connectivity index (χ3n) is 5.03. The maximum Gasteiger partial charge on any atom is 0.203 e. The normalized spacial score (nSPS) is 14.2. The highest BCUT2D eigenvalue weighted by Crippen LogP contribution is 2.38. The fourth-order valence-corrected chi connectivity index (χ4v) is 3.45. The summed E-state index contributed by atoms with van der Waals surface area (Å²) in [5.41, 5.74) is 2.09. The minimum Gasteiger partial charge on any atom is -0.493 e. The van der Waals surface area contributed by atoms with E-state index in [0.29, 0.717) is 36.3 Å². The van der Waals surface area contributed by atoms with Crippen LogP contribution in [0.3, 0.4) is 0 Å². The number of benzene rings is 1. The molecule has 2 heterocycles. The number of guanidine groups is 1. The van der Waals surface area contributed by atoms with Crippen molar-refractivity contribution in [2.45, 2.75) is 13.1 Å². The second kappa shape index (κ2) is 11.3. The molecule has 2 aromatic rings. The third kappa shape index (κ3) is 5.69. The zero-order chi connectivity index (χ0) is 22.1. The molecule has 1 saturated heterocycles. The predicted molar refractivity (Wildman–Crippen MR) is 120 cm³/mol. The Labute approximate surface area is 183 Å². The number of rotatable bonds is 8. The van der Waals surface area contributed by atoms with Crippen molar-refractivity contribution in [1.29, 1.82) is 0 Å². The monoisotopic (exact) mass is 429 g/mol. The van der Waals surface area contributed by atoms with Gasteiger partial charge in [-0.1, -0.05) is 6.07 Å². The van der Waals surface area contributed by atoms with E-state index in [1.165, 1.54) is 0 Å². The average Bonchev–Trinajstić information content (AvgIpc) is 2.84. The van der Waals surface area contributed by atoms with Gasteiger partial charge in [-0.05, 0) is 23.8 Å². The number of hydrogen-bond donors (Lipinski definition) is 2. The van der Waals surface area contributed by atoms with Crippen LogP contribution in [0, 0.1) is 0 Å². The van der Waals surface area contributed by atoms with Gasteiger partial charge in [-0.15, -0.1) is 0 Å². The fraction of sp³-hybridized carbons (Fsp3) is 0.455. The van der Waals surface area contributed by atoms with Crippen molar-refractivity contribution >= 4 is 11.8 Å². The first-order valence-corrected chi connectivity index (χ1v) is 10.2. The van der Waals surface area contributed by atoms with Crippen molar-refractivity contribution in [3.8, 4) is 17.2 Å². The van der Waals surface area contributed by atoms with E-state index in [1.54, 1.807) is 28.4 Å². The molecule has 0 aliphatic carbocycles. The molecule has 1 aromatic carbocycles. The Morgan fingerprint density at radius 2 is 1.74 bits per heavy atom. The summed E-state index contributed by atoms with van der Waals surface area (Å²) >= 11 is 0. The highest BCUT2D eigenvalue weighted by Gasteiger charge is 2.16. The summed E-state index contributed by atoms with van der Waals surface area (Å²) in [6.45, 7) is 4.29. The molecule has 1 aromatic heterocycles. The Morgan fingerprint density at radius 3 is 2.35 bits per heavy atom. The van der Waals surface area contributed by atoms with Crippen LogP contribution >= 0.6 is 0 Å². The molecule has 0 unspecified atom stereocenters. The molecule has 0 spiro atoms. The largest absolute Gasteiger partial charge is 0.493 e. The van der Waals surface area contributed by atoms with Crippen LogP contribution in [0.2, 0.25) is 0 Å². The number of pyridine rings is 1. The molecular weight excluding hydrogens is 398 g/mol. The molecule has 9 heteroatoms. The lowest BCUT2D eigenvalue weighted by Crippen LogP contribution is -2.39. The standard InChI is InChI=1S/C22H31N5O4/c1-23-22(25-14-16-12-18(28-2)20(30-4)19(13-16)29-3)26-15-17-6-5-7-24-21(17)27-8-10-31-11-9-27/h5-7,12-13H,8-11,14-15H2,1-4H3,(H2,23,25,26). The molecule has 9 nitrogen and oxygen atoms in total. The Kier molecular flexibility index (Phi) is 8.17. The van der Waals surface area contributed by atoms with Crippen LogP contribution in [0.4, 0.5) is 5.82 Å². The van der Waals surface area contributed by atoms with Gasteiger partial charge in [0.2, 0.25) is 5.75 Å². The Balaban J connectivity index is 1.64. The summed E-state index contributed by atoms with van der Waals surface area (Å²) in [5.74, 6) is 3.48. The second-order valence-corrected chi connectivity index (χ2v) is 6.90. The first-order valence-electron chi connectivity index (χ1n) is 10.2. The lowest BCUT2D eigenvalue weighted by atomic mass is 10.2. The van der Waals surface area contributed by atoms with Crippen LogP contribution < -0.4 is 29.7 Å². The molecule has 31 heavy (non-hydrogen) atoms. The maximum atomic E-state index is 5.46. The van der Waals surface area contributed by atoms with Crippen LogP contribution in [0.5, 0.6) is 17.2 Å². The molecule has 0 saturated carbocycles. The van der Waals surface area contributed by atoms with E-state index in [-0.39, 0.29) is 0 Å². The zero-order valence-electron chi connectivity index (χ0n) is 18.6. The van der Waals surface area contributed by atoms with E-state index in [9.17, 15) is 0 Å². The number of morpholine rings is 1. The van der Waals surface area contributed by atoms with Gasteiger partial charge < -0.3 is 34.5 Å².